The van der Waals surface area contributed by atoms with Gasteiger partial charge >= 0.3 is 18.0 Å². The van der Waals surface area contributed by atoms with Gasteiger partial charge in [0.2, 0.25) is 0 Å². The summed E-state index contributed by atoms with van der Waals surface area (Å²) in [4.78, 5) is 34.0. The van der Waals surface area contributed by atoms with Gasteiger partial charge in [-0.05, 0) is 6.92 Å². The minimum atomic E-state index is -1.07. The molecule has 2 N–H and O–H groups in total. The van der Waals surface area contributed by atoms with Crippen molar-refractivity contribution in [2.75, 3.05) is 40.0 Å². The first kappa shape index (κ1) is 16.2. The molecule has 0 unspecified atom stereocenters. The van der Waals surface area contributed by atoms with Gasteiger partial charge in [-0.3, -0.25) is 4.79 Å². The molecule has 0 bridgehead atoms. The topological polar surface area (TPSA) is 105 Å². The SMILES string of the molecule is CCN(CC(=O)OC)C(=O)NCCOCC(=O)O. The summed E-state index contributed by atoms with van der Waals surface area (Å²) in [5, 5.41) is 10.8. The third kappa shape index (κ3) is 7.44. The lowest BCUT2D eigenvalue weighted by Crippen LogP contribution is -2.43. The second-order valence-corrected chi connectivity index (χ2v) is 3.27. The number of carboxylic acid groups (broad SMARTS) is 1. The Labute approximate surface area is 105 Å². The van der Waals surface area contributed by atoms with Gasteiger partial charge in [0, 0.05) is 13.1 Å². The molecule has 104 valence electrons. The maximum absolute atomic E-state index is 11.6. The van der Waals surface area contributed by atoms with E-state index in [-0.39, 0.29) is 19.7 Å². The van der Waals surface area contributed by atoms with Crippen LogP contribution in [0, 0.1) is 0 Å². The predicted molar refractivity (Wildman–Crippen MR) is 61.1 cm³/mol. The fourth-order valence-electron chi connectivity index (χ4n) is 1.05. The smallest absolute Gasteiger partial charge is 0.329 e. The lowest BCUT2D eigenvalue weighted by molar-refractivity contribution is -0.142. The Morgan fingerprint density at radius 1 is 1.33 bits per heavy atom. The fourth-order valence-corrected chi connectivity index (χ4v) is 1.05. The van der Waals surface area contributed by atoms with Crippen molar-refractivity contribution in [2.45, 2.75) is 6.92 Å². The van der Waals surface area contributed by atoms with Crippen LogP contribution in [-0.4, -0.2) is 67.9 Å². The molecule has 8 nitrogen and oxygen atoms in total. The molecular weight excluding hydrogens is 244 g/mol. The summed E-state index contributed by atoms with van der Waals surface area (Å²) < 4.78 is 9.19. The summed E-state index contributed by atoms with van der Waals surface area (Å²) in [5.41, 5.74) is 0. The van der Waals surface area contributed by atoms with E-state index in [9.17, 15) is 14.4 Å². The van der Waals surface area contributed by atoms with Crippen LogP contribution in [0.25, 0.3) is 0 Å². The first-order valence-corrected chi connectivity index (χ1v) is 5.40. The van der Waals surface area contributed by atoms with E-state index < -0.39 is 24.6 Å². The van der Waals surface area contributed by atoms with E-state index in [1.165, 1.54) is 12.0 Å². The Morgan fingerprint density at radius 3 is 2.50 bits per heavy atom. The summed E-state index contributed by atoms with van der Waals surface area (Å²) in [6, 6.07) is -0.429. The van der Waals surface area contributed by atoms with Gasteiger partial charge in [0.05, 0.1) is 13.7 Å². The maximum Gasteiger partial charge on any atom is 0.329 e. The molecule has 0 aromatic rings. The summed E-state index contributed by atoms with van der Waals surface area (Å²) in [7, 11) is 1.24. The Hall–Kier alpha value is -1.83. The highest BCUT2D eigenvalue weighted by Gasteiger charge is 2.14. The van der Waals surface area contributed by atoms with Crippen molar-refractivity contribution in [1.29, 1.82) is 0 Å². The standard InChI is InChI=1S/C10H18N2O6/c1-3-12(6-9(15)17-2)10(16)11-4-5-18-7-8(13)14/h3-7H2,1-2H3,(H,11,16)(H,13,14). The van der Waals surface area contributed by atoms with Gasteiger partial charge in [-0.15, -0.1) is 0 Å². The zero-order valence-corrected chi connectivity index (χ0v) is 10.5. The van der Waals surface area contributed by atoms with Crippen LogP contribution in [0.1, 0.15) is 6.92 Å². The average Bonchev–Trinajstić information content (AvgIpc) is 2.34. The lowest BCUT2D eigenvalue weighted by Gasteiger charge is -2.19. The molecular formula is C10H18N2O6. The van der Waals surface area contributed by atoms with Crippen LogP contribution >= 0.6 is 0 Å². The van der Waals surface area contributed by atoms with Crippen molar-refractivity contribution < 1.29 is 29.0 Å². The van der Waals surface area contributed by atoms with Crippen LogP contribution in [0.5, 0.6) is 0 Å². The van der Waals surface area contributed by atoms with Gasteiger partial charge in [-0.2, -0.15) is 0 Å². The van der Waals surface area contributed by atoms with Crippen molar-refractivity contribution >= 4 is 18.0 Å². The molecule has 0 rings (SSSR count). The lowest BCUT2D eigenvalue weighted by atomic mass is 10.5. The van der Waals surface area contributed by atoms with Gasteiger partial charge < -0.3 is 24.8 Å². The van der Waals surface area contributed by atoms with E-state index in [4.69, 9.17) is 9.84 Å². The van der Waals surface area contributed by atoms with Crippen molar-refractivity contribution in [2.24, 2.45) is 0 Å². The Balaban J connectivity index is 3.83. The summed E-state index contributed by atoms with van der Waals surface area (Å²) in [5.74, 6) is -1.57. The van der Waals surface area contributed by atoms with Gasteiger partial charge in [-0.25, -0.2) is 9.59 Å². The van der Waals surface area contributed by atoms with Gasteiger partial charge in [0.15, 0.2) is 0 Å². The van der Waals surface area contributed by atoms with E-state index in [1.807, 2.05) is 0 Å². The van der Waals surface area contributed by atoms with E-state index >= 15 is 0 Å². The second kappa shape index (κ2) is 9.23. The van der Waals surface area contributed by atoms with Crippen LogP contribution in [0.4, 0.5) is 4.79 Å². The Morgan fingerprint density at radius 2 is 2.00 bits per heavy atom. The number of ether oxygens (including phenoxy) is 2. The first-order chi connectivity index (χ1) is 8.51. The molecule has 0 aromatic carbocycles. The van der Waals surface area contributed by atoms with Crippen molar-refractivity contribution in [3.8, 4) is 0 Å². The maximum atomic E-state index is 11.6. The van der Waals surface area contributed by atoms with E-state index in [1.54, 1.807) is 6.92 Å². The summed E-state index contributed by atoms with van der Waals surface area (Å²) >= 11 is 0. The van der Waals surface area contributed by atoms with E-state index in [2.05, 4.69) is 10.1 Å². The fraction of sp³-hybridized carbons (Fsp3) is 0.700. The molecule has 0 aliphatic heterocycles. The predicted octanol–water partition coefficient (Wildman–Crippen LogP) is -0.708. The van der Waals surface area contributed by atoms with Crippen LogP contribution in [-0.2, 0) is 19.1 Å². The molecule has 0 saturated carbocycles. The number of aliphatic carboxylic acids is 1. The van der Waals surface area contributed by atoms with Crippen molar-refractivity contribution in [1.82, 2.24) is 10.2 Å². The van der Waals surface area contributed by atoms with Crippen LogP contribution in [0.3, 0.4) is 0 Å². The second-order valence-electron chi connectivity index (χ2n) is 3.27. The molecule has 0 aromatic heterocycles. The summed E-state index contributed by atoms with van der Waals surface area (Å²) in [6.45, 7) is 1.81. The molecule has 2 amide bonds. The zero-order valence-electron chi connectivity index (χ0n) is 10.5. The number of nitrogens with zero attached hydrogens (tertiary/aromatic N) is 1. The minimum absolute atomic E-state index is 0.0911. The van der Waals surface area contributed by atoms with E-state index in [0.717, 1.165) is 0 Å². The van der Waals surface area contributed by atoms with Crippen LogP contribution < -0.4 is 5.32 Å². The van der Waals surface area contributed by atoms with Crippen LogP contribution in [0.2, 0.25) is 0 Å². The van der Waals surface area contributed by atoms with Gasteiger partial charge in [-0.1, -0.05) is 0 Å². The molecule has 0 saturated heterocycles. The number of rotatable bonds is 8. The third-order valence-corrected chi connectivity index (χ3v) is 1.96. The summed E-state index contributed by atoms with van der Waals surface area (Å²) in [6.07, 6.45) is 0. The number of methoxy groups -OCH3 is 1. The van der Waals surface area contributed by atoms with Crippen molar-refractivity contribution in [3.05, 3.63) is 0 Å². The molecule has 18 heavy (non-hydrogen) atoms. The number of nitrogens with one attached hydrogen (secondary N) is 1. The molecule has 0 aliphatic carbocycles. The highest BCUT2D eigenvalue weighted by atomic mass is 16.5. The number of hydrogen-bond donors (Lipinski definition) is 2. The number of carbonyl (C=O) groups excluding carboxylic acids is 2. The highest BCUT2D eigenvalue weighted by molar-refractivity contribution is 5.80. The quantitative estimate of drug-likeness (QED) is 0.442. The number of carboxylic acids is 1. The third-order valence-electron chi connectivity index (χ3n) is 1.96. The molecule has 0 radical (unpaired) electrons. The largest absolute Gasteiger partial charge is 0.480 e. The highest BCUT2D eigenvalue weighted by Crippen LogP contribution is 1.90. The molecule has 0 spiro atoms. The Kier molecular flexibility index (Phi) is 8.29. The zero-order chi connectivity index (χ0) is 14.0. The minimum Gasteiger partial charge on any atom is -0.480 e. The average molecular weight is 262 g/mol. The molecule has 0 aliphatic rings. The number of urea groups is 1. The van der Waals surface area contributed by atoms with Gasteiger partial charge in [0.1, 0.15) is 13.2 Å². The molecule has 8 heteroatoms. The molecule has 0 fully saturated rings. The molecule has 0 heterocycles. The number of likely N-dealkylation sites (N-methyl/N-ethyl adjacent to an activating group) is 1. The number of amides is 2. The Bertz CT molecular complexity index is 294. The number of esters is 1. The van der Waals surface area contributed by atoms with Crippen LogP contribution in [0.15, 0.2) is 0 Å². The normalized spacial score (nSPS) is 9.67. The van der Waals surface area contributed by atoms with Gasteiger partial charge in [0.25, 0.3) is 0 Å². The monoisotopic (exact) mass is 262 g/mol. The number of carbonyl (C=O) groups is 3. The first-order valence-electron chi connectivity index (χ1n) is 5.40. The van der Waals surface area contributed by atoms with E-state index in [0.29, 0.717) is 6.54 Å². The number of hydrogen-bond acceptors (Lipinski definition) is 5. The molecule has 0 atom stereocenters. The van der Waals surface area contributed by atoms with Crippen molar-refractivity contribution in [3.63, 3.8) is 0 Å².